The molecule has 3 heterocycles. The van der Waals surface area contributed by atoms with Gasteiger partial charge in [0.25, 0.3) is 0 Å². The highest BCUT2D eigenvalue weighted by molar-refractivity contribution is 5.78. The zero-order valence-corrected chi connectivity index (χ0v) is 15.5. The van der Waals surface area contributed by atoms with Gasteiger partial charge in [0.15, 0.2) is 5.82 Å². The van der Waals surface area contributed by atoms with Gasteiger partial charge in [-0.1, -0.05) is 12.1 Å². The number of ether oxygens (including phenoxy) is 1. The lowest BCUT2D eigenvalue weighted by Crippen LogP contribution is -2.31. The van der Waals surface area contributed by atoms with Crippen LogP contribution in [0.5, 0.6) is 5.88 Å². The molecule has 0 radical (unpaired) electrons. The van der Waals surface area contributed by atoms with Crippen molar-refractivity contribution in [1.29, 1.82) is 0 Å². The van der Waals surface area contributed by atoms with Gasteiger partial charge in [-0.3, -0.25) is 9.89 Å². The molecule has 1 saturated heterocycles. The molecule has 1 atom stereocenters. The third kappa shape index (κ3) is 3.47. The molecule has 0 aliphatic carbocycles. The van der Waals surface area contributed by atoms with Gasteiger partial charge in [-0.05, 0) is 31.9 Å². The molecule has 1 aliphatic heterocycles. The molecule has 3 aromatic rings. The first-order valence-electron chi connectivity index (χ1n) is 9.13. The molecule has 1 aromatic carbocycles. The zero-order valence-electron chi connectivity index (χ0n) is 15.5. The van der Waals surface area contributed by atoms with Crippen LogP contribution in [0.25, 0.3) is 11.0 Å². The van der Waals surface area contributed by atoms with Gasteiger partial charge < -0.3 is 9.64 Å². The van der Waals surface area contributed by atoms with Crippen molar-refractivity contribution < 1.29 is 9.53 Å². The molecule has 1 N–H and O–H groups in total. The van der Waals surface area contributed by atoms with E-state index in [-0.39, 0.29) is 11.9 Å². The first-order valence-corrected chi connectivity index (χ1v) is 9.13. The molecule has 4 rings (SSSR count). The number of benzene rings is 1. The lowest BCUT2D eigenvalue weighted by Gasteiger charge is -2.22. The Hall–Kier alpha value is -3.03. The van der Waals surface area contributed by atoms with Crippen LogP contribution in [-0.2, 0) is 11.2 Å². The molecule has 1 aliphatic rings. The Labute approximate surface area is 157 Å². The highest BCUT2D eigenvalue weighted by atomic mass is 16.5. The second-order valence-corrected chi connectivity index (χ2v) is 6.69. The van der Waals surface area contributed by atoms with Crippen LogP contribution in [-0.4, -0.2) is 49.6 Å². The summed E-state index contributed by atoms with van der Waals surface area (Å²) in [5.41, 5.74) is 2.29. The number of carbonyl (C=O) groups excluding carboxylic acids is 1. The van der Waals surface area contributed by atoms with Crippen LogP contribution in [0.3, 0.4) is 0 Å². The number of amides is 1. The van der Waals surface area contributed by atoms with E-state index in [0.29, 0.717) is 30.2 Å². The van der Waals surface area contributed by atoms with Crippen molar-refractivity contribution in [2.75, 3.05) is 13.7 Å². The minimum absolute atomic E-state index is 0.0490. The number of aromatic nitrogens is 5. The van der Waals surface area contributed by atoms with E-state index in [0.717, 1.165) is 36.2 Å². The van der Waals surface area contributed by atoms with Gasteiger partial charge in [-0.25, -0.2) is 15.0 Å². The second-order valence-electron chi connectivity index (χ2n) is 6.69. The monoisotopic (exact) mass is 366 g/mol. The molecule has 0 unspecified atom stereocenters. The van der Waals surface area contributed by atoms with E-state index in [4.69, 9.17) is 4.74 Å². The van der Waals surface area contributed by atoms with E-state index in [1.54, 1.807) is 7.11 Å². The maximum absolute atomic E-state index is 12.8. The lowest BCUT2D eigenvalue weighted by molar-refractivity contribution is -0.132. The first-order chi connectivity index (χ1) is 13.2. The fourth-order valence-corrected chi connectivity index (χ4v) is 3.56. The number of para-hydroxylation sites is 2. The molecular weight excluding hydrogens is 344 g/mol. The van der Waals surface area contributed by atoms with Crippen LogP contribution in [0.2, 0.25) is 0 Å². The minimum atomic E-state index is -0.0490. The molecule has 0 spiro atoms. The van der Waals surface area contributed by atoms with E-state index in [1.807, 2.05) is 36.1 Å². The summed E-state index contributed by atoms with van der Waals surface area (Å²) in [6.07, 6.45) is 2.69. The highest BCUT2D eigenvalue weighted by Gasteiger charge is 2.32. The van der Waals surface area contributed by atoms with Gasteiger partial charge in [0, 0.05) is 19.4 Å². The molecule has 8 nitrogen and oxygen atoms in total. The minimum Gasteiger partial charge on any atom is -0.480 e. The smallest absolute Gasteiger partial charge is 0.235 e. The lowest BCUT2D eigenvalue weighted by atomic mass is 10.1. The SMILES string of the molecule is COc1nc2ccccc2nc1CCC(=O)N1CCC[C@H]1c1n[nH]c(C)n1. The molecule has 8 heteroatoms. The summed E-state index contributed by atoms with van der Waals surface area (Å²) < 4.78 is 5.38. The molecule has 0 saturated carbocycles. The van der Waals surface area contributed by atoms with Crippen molar-refractivity contribution in [2.45, 2.75) is 38.6 Å². The van der Waals surface area contributed by atoms with Crippen LogP contribution < -0.4 is 4.74 Å². The van der Waals surface area contributed by atoms with E-state index in [2.05, 4.69) is 25.1 Å². The maximum atomic E-state index is 12.8. The van der Waals surface area contributed by atoms with Crippen LogP contribution in [0.4, 0.5) is 0 Å². The Bertz CT molecular complexity index is 970. The molecule has 140 valence electrons. The number of methoxy groups -OCH3 is 1. The summed E-state index contributed by atoms with van der Waals surface area (Å²) in [6.45, 7) is 2.60. The first kappa shape index (κ1) is 17.4. The van der Waals surface area contributed by atoms with Crippen molar-refractivity contribution in [3.8, 4) is 5.88 Å². The third-order valence-corrected chi connectivity index (χ3v) is 4.86. The summed E-state index contributed by atoms with van der Waals surface area (Å²) in [5, 5.41) is 7.10. The van der Waals surface area contributed by atoms with Crippen molar-refractivity contribution >= 4 is 16.9 Å². The number of rotatable bonds is 5. The topological polar surface area (TPSA) is 96.9 Å². The fraction of sp³-hybridized carbons (Fsp3) is 0.421. The van der Waals surface area contributed by atoms with E-state index < -0.39 is 0 Å². The summed E-state index contributed by atoms with van der Waals surface area (Å²) in [6, 6.07) is 7.60. The molecule has 0 bridgehead atoms. The number of carbonyl (C=O) groups is 1. The largest absolute Gasteiger partial charge is 0.480 e. The van der Waals surface area contributed by atoms with Gasteiger partial charge in [-0.2, -0.15) is 5.10 Å². The van der Waals surface area contributed by atoms with E-state index in [1.165, 1.54) is 0 Å². The standard InChI is InChI=1S/C19H22N6O2/c1-12-20-18(24-23-12)16-8-5-11-25(16)17(26)10-9-15-19(27-2)22-14-7-4-3-6-13(14)21-15/h3-4,6-7,16H,5,8-11H2,1-2H3,(H,20,23,24)/t16-/m0/s1. The van der Waals surface area contributed by atoms with Crippen LogP contribution in [0, 0.1) is 6.92 Å². The van der Waals surface area contributed by atoms with E-state index in [9.17, 15) is 4.79 Å². The number of hydrogen-bond donors (Lipinski definition) is 1. The van der Waals surface area contributed by atoms with Crippen molar-refractivity contribution in [3.05, 3.63) is 41.6 Å². The molecule has 1 fully saturated rings. The Morgan fingerprint density at radius 3 is 2.74 bits per heavy atom. The van der Waals surface area contributed by atoms with Crippen molar-refractivity contribution in [3.63, 3.8) is 0 Å². The van der Waals surface area contributed by atoms with Gasteiger partial charge in [0.1, 0.15) is 11.5 Å². The average Bonchev–Trinajstić information content (AvgIpc) is 3.34. The molecule has 2 aromatic heterocycles. The van der Waals surface area contributed by atoms with Gasteiger partial charge in [0.2, 0.25) is 11.8 Å². The van der Waals surface area contributed by atoms with Gasteiger partial charge in [-0.15, -0.1) is 0 Å². The number of H-pyrrole nitrogens is 1. The predicted molar refractivity (Wildman–Crippen MR) is 99.2 cm³/mol. The Kier molecular flexibility index (Phi) is 4.70. The summed E-state index contributed by atoms with van der Waals surface area (Å²) in [7, 11) is 1.58. The Balaban J connectivity index is 1.49. The zero-order chi connectivity index (χ0) is 18.8. The van der Waals surface area contributed by atoms with Crippen LogP contribution >= 0.6 is 0 Å². The number of likely N-dealkylation sites (tertiary alicyclic amines) is 1. The average molecular weight is 366 g/mol. The van der Waals surface area contributed by atoms with Crippen LogP contribution in [0.1, 0.15) is 42.6 Å². The van der Waals surface area contributed by atoms with E-state index >= 15 is 0 Å². The predicted octanol–water partition coefficient (Wildman–Crippen LogP) is 2.36. The summed E-state index contributed by atoms with van der Waals surface area (Å²) in [4.78, 5) is 28.3. The number of aromatic amines is 1. The van der Waals surface area contributed by atoms with Crippen molar-refractivity contribution in [2.24, 2.45) is 0 Å². The van der Waals surface area contributed by atoms with Gasteiger partial charge in [0.05, 0.1) is 24.2 Å². The normalized spacial score (nSPS) is 16.8. The number of aryl methyl sites for hydroxylation is 2. The number of nitrogens with zero attached hydrogens (tertiary/aromatic N) is 5. The second kappa shape index (κ2) is 7.30. The van der Waals surface area contributed by atoms with Gasteiger partial charge >= 0.3 is 0 Å². The maximum Gasteiger partial charge on any atom is 0.235 e. The fourth-order valence-electron chi connectivity index (χ4n) is 3.56. The number of hydrogen-bond acceptors (Lipinski definition) is 6. The molecular formula is C19H22N6O2. The Morgan fingerprint density at radius 1 is 1.26 bits per heavy atom. The third-order valence-electron chi connectivity index (χ3n) is 4.86. The molecule has 27 heavy (non-hydrogen) atoms. The summed E-state index contributed by atoms with van der Waals surface area (Å²) >= 11 is 0. The molecule has 1 amide bonds. The quantitative estimate of drug-likeness (QED) is 0.744. The highest BCUT2D eigenvalue weighted by Crippen LogP contribution is 2.30. The number of fused-ring (bicyclic) bond motifs is 1. The Morgan fingerprint density at radius 2 is 2.04 bits per heavy atom. The summed E-state index contributed by atoms with van der Waals surface area (Å²) in [5.74, 6) is 2.02. The number of nitrogens with one attached hydrogen (secondary N) is 1. The van der Waals surface area contributed by atoms with Crippen molar-refractivity contribution in [1.82, 2.24) is 30.0 Å². The van der Waals surface area contributed by atoms with Crippen LogP contribution in [0.15, 0.2) is 24.3 Å².